The van der Waals surface area contributed by atoms with E-state index in [2.05, 4.69) is 21.2 Å². The summed E-state index contributed by atoms with van der Waals surface area (Å²) in [5, 5.41) is 13.6. The summed E-state index contributed by atoms with van der Waals surface area (Å²) in [5.41, 5.74) is 1.49. The van der Waals surface area contributed by atoms with Crippen molar-refractivity contribution in [2.75, 3.05) is 7.11 Å². The highest BCUT2D eigenvalue weighted by Gasteiger charge is 2.10. The molecule has 0 bridgehead atoms. The Hall–Kier alpha value is -2.67. The summed E-state index contributed by atoms with van der Waals surface area (Å²) in [7, 11) is 1.59. The van der Waals surface area contributed by atoms with Crippen LogP contribution in [0.5, 0.6) is 5.75 Å². The van der Waals surface area contributed by atoms with E-state index in [1.54, 1.807) is 25.3 Å². The fourth-order valence-electron chi connectivity index (χ4n) is 2.21. The van der Waals surface area contributed by atoms with Crippen LogP contribution in [0.15, 0.2) is 53.0 Å². The van der Waals surface area contributed by atoms with E-state index in [1.165, 1.54) is 18.2 Å². The van der Waals surface area contributed by atoms with Gasteiger partial charge in [0.2, 0.25) is 5.91 Å². The van der Waals surface area contributed by atoms with E-state index in [0.29, 0.717) is 11.3 Å². The van der Waals surface area contributed by atoms with Crippen molar-refractivity contribution in [2.45, 2.75) is 13.0 Å². The number of nitro groups is 1. The summed E-state index contributed by atoms with van der Waals surface area (Å²) in [4.78, 5) is 22.3. The third-order valence-electron chi connectivity index (χ3n) is 3.54. The summed E-state index contributed by atoms with van der Waals surface area (Å²) in [6.07, 6.45) is 2.90. The van der Waals surface area contributed by atoms with Crippen LogP contribution in [0, 0.1) is 10.1 Å². The van der Waals surface area contributed by atoms with Crippen molar-refractivity contribution in [2.24, 2.45) is 0 Å². The van der Waals surface area contributed by atoms with Crippen LogP contribution >= 0.6 is 15.9 Å². The van der Waals surface area contributed by atoms with Gasteiger partial charge in [0.1, 0.15) is 5.75 Å². The number of benzene rings is 2. The number of hydrogen-bond donors (Lipinski definition) is 1. The van der Waals surface area contributed by atoms with Crippen molar-refractivity contribution in [3.05, 3.63) is 74.3 Å². The average Bonchev–Trinajstić information content (AvgIpc) is 2.60. The van der Waals surface area contributed by atoms with Crippen LogP contribution in [-0.4, -0.2) is 17.9 Å². The maximum atomic E-state index is 12.1. The summed E-state index contributed by atoms with van der Waals surface area (Å²) >= 11 is 3.41. The summed E-state index contributed by atoms with van der Waals surface area (Å²) < 4.78 is 5.99. The van der Waals surface area contributed by atoms with E-state index in [1.807, 2.05) is 25.1 Å². The summed E-state index contributed by atoms with van der Waals surface area (Å²) in [6, 6.07) is 11.5. The second kappa shape index (κ2) is 8.43. The molecule has 2 rings (SSSR count). The quantitative estimate of drug-likeness (QED) is 0.443. The van der Waals surface area contributed by atoms with Gasteiger partial charge in [-0.1, -0.05) is 18.2 Å². The molecule has 0 spiro atoms. The topological polar surface area (TPSA) is 81.5 Å². The van der Waals surface area contributed by atoms with Crippen LogP contribution in [0.2, 0.25) is 0 Å². The first-order chi connectivity index (χ1) is 11.9. The molecule has 130 valence electrons. The zero-order valence-corrected chi connectivity index (χ0v) is 15.3. The molecule has 2 aromatic carbocycles. The molecular formula is C18H17BrN2O4. The van der Waals surface area contributed by atoms with Crippen molar-refractivity contribution in [3.63, 3.8) is 0 Å². The Bertz CT molecular complexity index is 820. The number of carbonyl (C=O) groups excluding carboxylic acids is 1. The van der Waals surface area contributed by atoms with Gasteiger partial charge in [0.05, 0.1) is 22.5 Å². The molecule has 0 saturated carbocycles. The predicted molar refractivity (Wildman–Crippen MR) is 99.4 cm³/mol. The van der Waals surface area contributed by atoms with Crippen molar-refractivity contribution in [1.82, 2.24) is 5.32 Å². The largest absolute Gasteiger partial charge is 0.496 e. The normalized spacial score (nSPS) is 12.0. The molecule has 2 aromatic rings. The molecule has 0 aliphatic heterocycles. The number of hydrogen-bond acceptors (Lipinski definition) is 4. The number of nitro benzene ring substituents is 1. The van der Waals surface area contributed by atoms with E-state index in [9.17, 15) is 14.9 Å². The SMILES string of the molecule is COc1ccc([C@@H](C)NC(=O)/C=C/c2cccc([N+](=O)[O-])c2)cc1Br. The van der Waals surface area contributed by atoms with Crippen LogP contribution in [0.25, 0.3) is 6.08 Å². The Kier molecular flexibility index (Phi) is 6.30. The lowest BCUT2D eigenvalue weighted by atomic mass is 10.1. The number of methoxy groups -OCH3 is 1. The molecule has 6 nitrogen and oxygen atoms in total. The molecule has 0 unspecified atom stereocenters. The van der Waals surface area contributed by atoms with Crippen molar-refractivity contribution in [3.8, 4) is 5.75 Å². The molecule has 1 N–H and O–H groups in total. The van der Waals surface area contributed by atoms with Crippen LogP contribution in [-0.2, 0) is 4.79 Å². The maximum Gasteiger partial charge on any atom is 0.270 e. The molecular weight excluding hydrogens is 388 g/mol. The zero-order chi connectivity index (χ0) is 18.4. The fourth-order valence-corrected chi connectivity index (χ4v) is 2.77. The molecule has 7 heteroatoms. The average molecular weight is 405 g/mol. The van der Waals surface area contributed by atoms with Crippen molar-refractivity contribution >= 4 is 33.6 Å². The maximum absolute atomic E-state index is 12.1. The van der Waals surface area contributed by atoms with Crippen LogP contribution in [0.3, 0.4) is 0 Å². The first kappa shape index (κ1) is 18.7. The Balaban J connectivity index is 2.03. The number of carbonyl (C=O) groups is 1. The van der Waals surface area contributed by atoms with Crippen molar-refractivity contribution < 1.29 is 14.5 Å². The van der Waals surface area contributed by atoms with E-state index < -0.39 is 4.92 Å². The Labute approximate surface area is 153 Å². The second-order valence-electron chi connectivity index (χ2n) is 5.31. The van der Waals surface area contributed by atoms with Gasteiger partial charge in [-0.2, -0.15) is 0 Å². The Morgan fingerprint density at radius 3 is 2.72 bits per heavy atom. The Morgan fingerprint density at radius 1 is 1.32 bits per heavy atom. The summed E-state index contributed by atoms with van der Waals surface area (Å²) in [6.45, 7) is 1.87. The van der Waals surface area contributed by atoms with Gasteiger partial charge < -0.3 is 10.1 Å². The Morgan fingerprint density at radius 2 is 2.08 bits per heavy atom. The third kappa shape index (κ3) is 5.15. The van der Waals surface area contributed by atoms with Gasteiger partial charge in [0.25, 0.3) is 5.69 Å². The smallest absolute Gasteiger partial charge is 0.270 e. The van der Waals surface area contributed by atoms with Gasteiger partial charge in [-0.25, -0.2) is 0 Å². The fraction of sp³-hybridized carbons (Fsp3) is 0.167. The number of nitrogens with zero attached hydrogens (tertiary/aromatic N) is 1. The molecule has 25 heavy (non-hydrogen) atoms. The van der Waals surface area contributed by atoms with Gasteiger partial charge >= 0.3 is 0 Å². The van der Waals surface area contributed by atoms with E-state index in [4.69, 9.17) is 4.74 Å². The minimum absolute atomic E-state index is 0.0148. The highest BCUT2D eigenvalue weighted by molar-refractivity contribution is 9.10. The second-order valence-corrected chi connectivity index (χ2v) is 6.16. The lowest BCUT2D eigenvalue weighted by molar-refractivity contribution is -0.384. The number of rotatable bonds is 6. The van der Waals surface area contributed by atoms with Gasteiger partial charge in [0, 0.05) is 18.2 Å². The molecule has 0 fully saturated rings. The van der Waals surface area contributed by atoms with Gasteiger partial charge in [0.15, 0.2) is 0 Å². The highest BCUT2D eigenvalue weighted by atomic mass is 79.9. The predicted octanol–water partition coefficient (Wildman–Crippen LogP) is 4.26. The highest BCUT2D eigenvalue weighted by Crippen LogP contribution is 2.28. The molecule has 0 aliphatic carbocycles. The van der Waals surface area contributed by atoms with Crippen LogP contribution < -0.4 is 10.1 Å². The minimum Gasteiger partial charge on any atom is -0.496 e. The molecule has 0 aromatic heterocycles. The van der Waals surface area contributed by atoms with E-state index in [0.717, 1.165) is 10.0 Å². The van der Waals surface area contributed by atoms with Crippen LogP contribution in [0.1, 0.15) is 24.1 Å². The molecule has 0 radical (unpaired) electrons. The van der Waals surface area contributed by atoms with Gasteiger partial charge in [-0.15, -0.1) is 0 Å². The van der Waals surface area contributed by atoms with E-state index >= 15 is 0 Å². The monoisotopic (exact) mass is 404 g/mol. The molecule has 0 aliphatic rings. The number of non-ortho nitro benzene ring substituents is 1. The third-order valence-corrected chi connectivity index (χ3v) is 4.16. The summed E-state index contributed by atoms with van der Waals surface area (Å²) in [5.74, 6) is 0.429. The molecule has 1 amide bonds. The lowest BCUT2D eigenvalue weighted by Crippen LogP contribution is -2.24. The first-order valence-corrected chi connectivity index (χ1v) is 8.26. The standard InChI is InChI=1S/C18H17BrN2O4/c1-12(14-7-8-17(25-2)16(19)11-14)20-18(22)9-6-13-4-3-5-15(10-13)21(23)24/h3-12H,1-2H3,(H,20,22)/b9-6+/t12-/m1/s1. The van der Waals surface area contributed by atoms with Crippen molar-refractivity contribution in [1.29, 1.82) is 0 Å². The molecule has 0 saturated heterocycles. The van der Waals surface area contributed by atoms with Crippen LogP contribution in [0.4, 0.5) is 5.69 Å². The molecule has 0 heterocycles. The van der Waals surface area contributed by atoms with E-state index in [-0.39, 0.29) is 17.6 Å². The van der Waals surface area contributed by atoms with Gasteiger partial charge in [-0.05, 0) is 52.2 Å². The first-order valence-electron chi connectivity index (χ1n) is 7.47. The molecule has 1 atom stereocenters. The number of amides is 1. The number of ether oxygens (including phenoxy) is 1. The number of nitrogens with one attached hydrogen (secondary N) is 1. The lowest BCUT2D eigenvalue weighted by Gasteiger charge is -2.14. The number of halogens is 1. The zero-order valence-electron chi connectivity index (χ0n) is 13.7. The minimum atomic E-state index is -0.471. The van der Waals surface area contributed by atoms with Gasteiger partial charge in [-0.3, -0.25) is 14.9 Å².